The first-order chi connectivity index (χ1) is 5.41. The molecular weight excluding hydrogens is 184 g/mol. The zero-order valence-corrected chi connectivity index (χ0v) is 7.60. The van der Waals surface area contributed by atoms with Gasteiger partial charge < -0.3 is 0 Å². The van der Waals surface area contributed by atoms with Gasteiger partial charge in [-0.1, -0.05) is 21.4 Å². The fraction of sp³-hybridized carbons (Fsp3) is 0.250. The summed E-state index contributed by atoms with van der Waals surface area (Å²) < 4.78 is 37.9. The van der Waals surface area contributed by atoms with E-state index < -0.39 is 11.5 Å². The van der Waals surface area contributed by atoms with Crippen molar-refractivity contribution >= 4 is 9.24 Å². The van der Waals surface area contributed by atoms with E-state index in [9.17, 15) is 13.2 Å². The lowest BCUT2D eigenvalue weighted by molar-refractivity contribution is 0.103. The molecule has 0 aromatic heterocycles. The normalized spacial score (nSPS) is 11.8. The summed E-state index contributed by atoms with van der Waals surface area (Å²) in [5, 5.41) is 0. The van der Waals surface area contributed by atoms with Crippen molar-refractivity contribution in [3.63, 3.8) is 0 Å². The Morgan fingerprint density at radius 3 is 2.33 bits per heavy atom. The highest BCUT2D eigenvalue weighted by Gasteiger charge is 2.24. The minimum Gasteiger partial charge on any atom is -0.207 e. The Hall–Kier alpha value is -0.560. The third kappa shape index (κ3) is 1.98. The Morgan fingerprint density at radius 1 is 1.33 bits per heavy atom. The highest BCUT2D eigenvalue weighted by atomic mass is 31.0. The molecule has 0 radical (unpaired) electrons. The first-order valence-electron chi connectivity index (χ1n) is 3.34. The fourth-order valence-electron chi connectivity index (χ4n) is 0.800. The topological polar surface area (TPSA) is 0 Å². The number of hydrogen-bond acceptors (Lipinski definition) is 0. The molecule has 0 spiro atoms. The minimum atomic E-state index is -3.05. The van der Waals surface area contributed by atoms with Crippen LogP contribution in [-0.2, 0) is 5.66 Å². The van der Waals surface area contributed by atoms with E-state index >= 15 is 0 Å². The van der Waals surface area contributed by atoms with Gasteiger partial charge in [-0.2, -0.15) is 8.78 Å². The van der Waals surface area contributed by atoms with E-state index in [2.05, 4.69) is 0 Å². The van der Waals surface area contributed by atoms with Crippen LogP contribution in [0.3, 0.4) is 0 Å². The van der Waals surface area contributed by atoms with Crippen LogP contribution in [0.25, 0.3) is 0 Å². The van der Waals surface area contributed by atoms with Gasteiger partial charge >= 0.3 is 0 Å². The number of benzene rings is 1. The average molecular weight is 192 g/mol. The highest BCUT2D eigenvalue weighted by molar-refractivity contribution is 7.17. The summed E-state index contributed by atoms with van der Waals surface area (Å²) >= 11 is 0. The summed E-state index contributed by atoms with van der Waals surface area (Å²) in [5.74, 6) is -0.602. The standard InChI is InChI=1S/C8H8F3P/c1-5-2-3-6(4-7(5)9)8(10,11)12/h2-4H,12H2,1H3. The molecule has 0 aliphatic heterocycles. The lowest BCUT2D eigenvalue weighted by Gasteiger charge is -2.10. The van der Waals surface area contributed by atoms with Crippen LogP contribution in [0.5, 0.6) is 0 Å². The van der Waals surface area contributed by atoms with E-state index in [1.807, 2.05) is 0 Å². The monoisotopic (exact) mass is 192 g/mol. The van der Waals surface area contributed by atoms with Crippen LogP contribution in [0.15, 0.2) is 18.2 Å². The third-order valence-corrected chi connectivity index (χ3v) is 1.89. The summed E-state index contributed by atoms with van der Waals surface area (Å²) in [6, 6.07) is 3.40. The van der Waals surface area contributed by atoms with Crippen molar-refractivity contribution in [2.75, 3.05) is 0 Å². The summed E-state index contributed by atoms with van der Waals surface area (Å²) in [6.07, 6.45) is 0. The number of aryl methyl sites for hydroxylation is 1. The van der Waals surface area contributed by atoms with E-state index in [0.717, 1.165) is 6.07 Å². The van der Waals surface area contributed by atoms with Gasteiger partial charge in [-0.3, -0.25) is 0 Å². The molecule has 0 fully saturated rings. The van der Waals surface area contributed by atoms with Crippen LogP contribution in [-0.4, -0.2) is 0 Å². The second-order valence-electron chi connectivity index (χ2n) is 2.59. The molecular formula is C8H8F3P. The van der Waals surface area contributed by atoms with Gasteiger partial charge in [0.1, 0.15) is 5.82 Å². The molecule has 12 heavy (non-hydrogen) atoms. The van der Waals surface area contributed by atoms with Crippen molar-refractivity contribution in [1.82, 2.24) is 0 Å². The average Bonchev–Trinajstić information content (AvgIpc) is 1.92. The van der Waals surface area contributed by atoms with Crippen molar-refractivity contribution in [3.05, 3.63) is 35.1 Å². The number of rotatable bonds is 1. The second kappa shape index (κ2) is 3.06. The van der Waals surface area contributed by atoms with Crippen LogP contribution < -0.4 is 0 Å². The number of alkyl halides is 2. The van der Waals surface area contributed by atoms with Crippen molar-refractivity contribution < 1.29 is 13.2 Å². The molecule has 1 unspecified atom stereocenters. The van der Waals surface area contributed by atoms with Gasteiger partial charge in [0.15, 0.2) is 0 Å². The molecule has 0 N–H and O–H groups in total. The number of halogens is 3. The smallest absolute Gasteiger partial charge is 0.207 e. The summed E-state index contributed by atoms with van der Waals surface area (Å²) in [4.78, 5) is 0. The summed E-state index contributed by atoms with van der Waals surface area (Å²) in [5.41, 5.74) is -3.00. The van der Waals surface area contributed by atoms with E-state index in [1.165, 1.54) is 28.3 Å². The molecule has 0 amide bonds. The molecule has 66 valence electrons. The Labute approximate surface area is 71.0 Å². The molecule has 0 saturated heterocycles. The van der Waals surface area contributed by atoms with Crippen LogP contribution in [0.2, 0.25) is 0 Å². The van der Waals surface area contributed by atoms with Crippen LogP contribution in [0, 0.1) is 12.7 Å². The van der Waals surface area contributed by atoms with Crippen LogP contribution in [0.1, 0.15) is 11.1 Å². The van der Waals surface area contributed by atoms with Crippen LogP contribution >= 0.6 is 9.24 Å². The van der Waals surface area contributed by atoms with Crippen molar-refractivity contribution in [2.24, 2.45) is 0 Å². The Bertz CT molecular complexity index is 291. The molecule has 1 rings (SSSR count). The van der Waals surface area contributed by atoms with Gasteiger partial charge in [-0.05, 0) is 18.6 Å². The first-order valence-corrected chi connectivity index (χ1v) is 3.92. The first kappa shape index (κ1) is 9.53. The molecule has 0 heterocycles. The van der Waals surface area contributed by atoms with Gasteiger partial charge in [0.25, 0.3) is 5.66 Å². The zero-order chi connectivity index (χ0) is 9.35. The largest absolute Gasteiger partial charge is 0.283 e. The minimum absolute atomic E-state index is 0.324. The third-order valence-electron chi connectivity index (χ3n) is 1.56. The van der Waals surface area contributed by atoms with Crippen molar-refractivity contribution in [3.8, 4) is 0 Å². The van der Waals surface area contributed by atoms with E-state index in [-0.39, 0.29) is 5.56 Å². The number of hydrogen-bond donors (Lipinski definition) is 0. The second-order valence-corrected chi connectivity index (χ2v) is 3.31. The lowest BCUT2D eigenvalue weighted by atomic mass is 10.1. The maximum absolute atomic E-state index is 12.8. The predicted octanol–water partition coefficient (Wildman–Crippen LogP) is 3.06. The van der Waals surface area contributed by atoms with Gasteiger partial charge in [0.05, 0.1) is 0 Å². The quantitative estimate of drug-likeness (QED) is 0.600. The van der Waals surface area contributed by atoms with Gasteiger partial charge in [0, 0.05) is 5.56 Å². The molecule has 1 atom stereocenters. The van der Waals surface area contributed by atoms with E-state index in [4.69, 9.17) is 0 Å². The van der Waals surface area contributed by atoms with Crippen molar-refractivity contribution in [1.29, 1.82) is 0 Å². The summed E-state index contributed by atoms with van der Waals surface area (Å²) in [7, 11) is 1.37. The molecule has 0 saturated carbocycles. The maximum atomic E-state index is 12.8. The Kier molecular flexibility index (Phi) is 2.43. The molecule has 1 aromatic carbocycles. The predicted molar refractivity (Wildman–Crippen MR) is 44.7 cm³/mol. The summed E-state index contributed by atoms with van der Waals surface area (Å²) in [6.45, 7) is 1.53. The Balaban J connectivity index is 3.14. The van der Waals surface area contributed by atoms with Gasteiger partial charge in [-0.15, -0.1) is 0 Å². The molecule has 4 heteroatoms. The van der Waals surface area contributed by atoms with Crippen molar-refractivity contribution in [2.45, 2.75) is 12.6 Å². The van der Waals surface area contributed by atoms with Crippen LogP contribution in [0.4, 0.5) is 13.2 Å². The highest BCUT2D eigenvalue weighted by Crippen LogP contribution is 2.35. The molecule has 0 bridgehead atoms. The Morgan fingerprint density at radius 2 is 1.92 bits per heavy atom. The van der Waals surface area contributed by atoms with E-state index in [0.29, 0.717) is 5.56 Å². The molecule has 1 aromatic rings. The maximum Gasteiger partial charge on any atom is 0.283 e. The molecule has 0 nitrogen and oxygen atoms in total. The van der Waals surface area contributed by atoms with E-state index in [1.54, 1.807) is 0 Å². The molecule has 0 aliphatic carbocycles. The van der Waals surface area contributed by atoms with Gasteiger partial charge in [0.2, 0.25) is 0 Å². The zero-order valence-electron chi connectivity index (χ0n) is 6.44. The van der Waals surface area contributed by atoms with Gasteiger partial charge in [-0.25, -0.2) is 4.39 Å². The fourth-order valence-corrected chi connectivity index (χ4v) is 0.980. The SMILES string of the molecule is Cc1ccc(C(F)(F)P)cc1F. The lowest BCUT2D eigenvalue weighted by Crippen LogP contribution is -2.03. The molecule has 0 aliphatic rings.